The molecule has 18 heavy (non-hydrogen) atoms. The van der Waals surface area contributed by atoms with Crippen molar-refractivity contribution in [1.29, 1.82) is 0 Å². The second-order valence-corrected chi connectivity index (χ2v) is 6.00. The van der Waals surface area contributed by atoms with Gasteiger partial charge in [0.25, 0.3) is 0 Å². The zero-order valence-electron chi connectivity index (χ0n) is 11.9. The Balaban J connectivity index is 1.75. The van der Waals surface area contributed by atoms with Crippen LogP contribution in [0.3, 0.4) is 0 Å². The van der Waals surface area contributed by atoms with Crippen molar-refractivity contribution in [3.05, 3.63) is 29.8 Å². The van der Waals surface area contributed by atoms with E-state index in [1.54, 1.807) is 0 Å². The summed E-state index contributed by atoms with van der Waals surface area (Å²) in [4.78, 5) is 2.60. The van der Waals surface area contributed by atoms with Gasteiger partial charge in [-0.15, -0.1) is 0 Å². The number of rotatable bonds is 4. The first-order valence-corrected chi connectivity index (χ1v) is 7.16. The molecule has 0 spiro atoms. The summed E-state index contributed by atoms with van der Waals surface area (Å²) in [5.74, 6) is 1.71. The number of likely N-dealkylation sites (tertiary alicyclic amines) is 1. The topological polar surface area (TPSA) is 15.3 Å². The maximum Gasteiger partial charge on any atom is 0.0343 e. The second-order valence-electron chi connectivity index (χ2n) is 6.00. The maximum atomic E-state index is 3.52. The zero-order valence-corrected chi connectivity index (χ0v) is 11.9. The largest absolute Gasteiger partial charge is 0.384 e. The standard InChI is InChI=1S/C16H26N2/c1-13-5-4-6-16(10-13)17-7-8-18-11-14(2)9-15(3)12-18/h4-6,10,14-15,17H,7-9,11-12H2,1-3H3. The van der Waals surface area contributed by atoms with Crippen molar-refractivity contribution < 1.29 is 0 Å². The van der Waals surface area contributed by atoms with Gasteiger partial charge in [0.1, 0.15) is 0 Å². The Kier molecular flexibility index (Phi) is 4.65. The van der Waals surface area contributed by atoms with Crippen LogP contribution in [0.25, 0.3) is 0 Å². The predicted molar refractivity (Wildman–Crippen MR) is 79.1 cm³/mol. The fourth-order valence-corrected chi connectivity index (χ4v) is 3.09. The van der Waals surface area contributed by atoms with Crippen molar-refractivity contribution in [3.8, 4) is 0 Å². The van der Waals surface area contributed by atoms with Crippen molar-refractivity contribution in [2.24, 2.45) is 11.8 Å². The maximum absolute atomic E-state index is 3.52. The summed E-state index contributed by atoms with van der Waals surface area (Å²) in [5.41, 5.74) is 2.56. The fraction of sp³-hybridized carbons (Fsp3) is 0.625. The minimum Gasteiger partial charge on any atom is -0.384 e. The molecular weight excluding hydrogens is 220 g/mol. The molecule has 1 aromatic rings. The molecule has 2 rings (SSSR count). The number of hydrogen-bond donors (Lipinski definition) is 1. The van der Waals surface area contributed by atoms with E-state index >= 15 is 0 Å². The summed E-state index contributed by atoms with van der Waals surface area (Å²) >= 11 is 0. The Bertz CT molecular complexity index is 365. The molecular formula is C16H26N2. The van der Waals surface area contributed by atoms with Crippen LogP contribution < -0.4 is 5.32 Å². The molecule has 0 radical (unpaired) electrons. The highest BCUT2D eigenvalue weighted by Gasteiger charge is 2.20. The van der Waals surface area contributed by atoms with E-state index in [2.05, 4.69) is 55.3 Å². The van der Waals surface area contributed by atoms with Crippen LogP contribution in [0.1, 0.15) is 25.8 Å². The van der Waals surface area contributed by atoms with Crippen molar-refractivity contribution in [2.75, 3.05) is 31.5 Å². The summed E-state index contributed by atoms with van der Waals surface area (Å²) in [6, 6.07) is 8.61. The highest BCUT2D eigenvalue weighted by Crippen LogP contribution is 2.20. The number of piperidine rings is 1. The summed E-state index contributed by atoms with van der Waals surface area (Å²) in [6.07, 6.45) is 1.39. The van der Waals surface area contributed by atoms with E-state index < -0.39 is 0 Å². The number of benzene rings is 1. The molecule has 1 N–H and O–H groups in total. The number of nitrogens with zero attached hydrogens (tertiary/aromatic N) is 1. The smallest absolute Gasteiger partial charge is 0.0343 e. The molecule has 0 saturated carbocycles. The lowest BCUT2D eigenvalue weighted by Crippen LogP contribution is -2.41. The Hall–Kier alpha value is -1.02. The summed E-state index contributed by atoms with van der Waals surface area (Å²) in [7, 11) is 0. The molecule has 0 bridgehead atoms. The lowest BCUT2D eigenvalue weighted by atomic mass is 9.92. The average molecular weight is 246 g/mol. The van der Waals surface area contributed by atoms with Crippen molar-refractivity contribution in [3.63, 3.8) is 0 Å². The van der Waals surface area contributed by atoms with E-state index in [-0.39, 0.29) is 0 Å². The van der Waals surface area contributed by atoms with Crippen LogP contribution in [0.2, 0.25) is 0 Å². The Morgan fingerprint density at radius 1 is 1.22 bits per heavy atom. The predicted octanol–water partition coefficient (Wildman–Crippen LogP) is 3.38. The molecule has 1 fully saturated rings. The molecule has 1 saturated heterocycles. The van der Waals surface area contributed by atoms with E-state index in [0.29, 0.717) is 0 Å². The van der Waals surface area contributed by atoms with E-state index in [0.717, 1.165) is 24.9 Å². The van der Waals surface area contributed by atoms with Gasteiger partial charge in [-0.25, -0.2) is 0 Å². The lowest BCUT2D eigenvalue weighted by Gasteiger charge is -2.35. The van der Waals surface area contributed by atoms with Crippen LogP contribution in [-0.4, -0.2) is 31.1 Å². The van der Waals surface area contributed by atoms with Crippen LogP contribution in [0.5, 0.6) is 0 Å². The van der Waals surface area contributed by atoms with Gasteiger partial charge in [0.05, 0.1) is 0 Å². The molecule has 1 aliphatic heterocycles. The monoisotopic (exact) mass is 246 g/mol. The molecule has 0 amide bonds. The first kappa shape index (κ1) is 13.4. The Labute approximate surface area is 111 Å². The van der Waals surface area contributed by atoms with E-state index in [4.69, 9.17) is 0 Å². The summed E-state index contributed by atoms with van der Waals surface area (Å²) in [5, 5.41) is 3.52. The van der Waals surface area contributed by atoms with Gasteiger partial charge < -0.3 is 10.2 Å². The van der Waals surface area contributed by atoms with Gasteiger partial charge in [0.2, 0.25) is 0 Å². The van der Waals surface area contributed by atoms with Gasteiger partial charge in [-0.1, -0.05) is 26.0 Å². The molecule has 2 nitrogen and oxygen atoms in total. The van der Waals surface area contributed by atoms with Gasteiger partial charge in [-0.05, 0) is 42.9 Å². The third kappa shape index (κ3) is 4.02. The zero-order chi connectivity index (χ0) is 13.0. The van der Waals surface area contributed by atoms with Crippen molar-refractivity contribution in [1.82, 2.24) is 4.90 Å². The third-order valence-electron chi connectivity index (χ3n) is 3.72. The number of hydrogen-bond acceptors (Lipinski definition) is 2. The van der Waals surface area contributed by atoms with Gasteiger partial charge in [-0.2, -0.15) is 0 Å². The van der Waals surface area contributed by atoms with Crippen molar-refractivity contribution >= 4 is 5.69 Å². The SMILES string of the molecule is Cc1cccc(NCCN2CC(C)CC(C)C2)c1. The lowest BCUT2D eigenvalue weighted by molar-refractivity contribution is 0.146. The van der Waals surface area contributed by atoms with Crippen molar-refractivity contribution in [2.45, 2.75) is 27.2 Å². The molecule has 0 aromatic heterocycles. The molecule has 2 unspecified atom stereocenters. The van der Waals surface area contributed by atoms with Gasteiger partial charge in [0, 0.05) is 31.9 Å². The molecule has 1 aromatic carbocycles. The van der Waals surface area contributed by atoms with Crippen LogP contribution in [0, 0.1) is 18.8 Å². The van der Waals surface area contributed by atoms with Gasteiger partial charge >= 0.3 is 0 Å². The number of anilines is 1. The van der Waals surface area contributed by atoms with Crippen LogP contribution >= 0.6 is 0 Å². The normalized spacial score (nSPS) is 25.1. The van der Waals surface area contributed by atoms with Gasteiger partial charge in [-0.3, -0.25) is 0 Å². The van der Waals surface area contributed by atoms with E-state index in [1.807, 2.05) is 0 Å². The molecule has 1 heterocycles. The third-order valence-corrected chi connectivity index (χ3v) is 3.72. The first-order chi connectivity index (χ1) is 8.63. The number of aryl methyl sites for hydroxylation is 1. The minimum atomic E-state index is 0.854. The van der Waals surface area contributed by atoms with Crippen LogP contribution in [0.4, 0.5) is 5.69 Å². The van der Waals surface area contributed by atoms with Crippen LogP contribution in [0.15, 0.2) is 24.3 Å². The van der Waals surface area contributed by atoms with E-state index in [9.17, 15) is 0 Å². The van der Waals surface area contributed by atoms with Gasteiger partial charge in [0.15, 0.2) is 0 Å². The van der Waals surface area contributed by atoms with E-state index in [1.165, 1.54) is 30.8 Å². The van der Waals surface area contributed by atoms with Crippen LogP contribution in [-0.2, 0) is 0 Å². The molecule has 100 valence electrons. The quantitative estimate of drug-likeness (QED) is 0.876. The first-order valence-electron chi connectivity index (χ1n) is 7.16. The second kappa shape index (κ2) is 6.24. The fourth-order valence-electron chi connectivity index (χ4n) is 3.09. The highest BCUT2D eigenvalue weighted by atomic mass is 15.1. The number of nitrogens with one attached hydrogen (secondary N) is 1. The Morgan fingerprint density at radius 2 is 1.94 bits per heavy atom. The minimum absolute atomic E-state index is 0.854. The highest BCUT2D eigenvalue weighted by molar-refractivity contribution is 5.45. The summed E-state index contributed by atoms with van der Waals surface area (Å²) < 4.78 is 0. The molecule has 0 aliphatic carbocycles. The summed E-state index contributed by atoms with van der Waals surface area (Å²) in [6.45, 7) is 11.6. The molecule has 2 atom stereocenters. The molecule has 1 aliphatic rings. The molecule has 2 heteroatoms. The average Bonchev–Trinajstić information content (AvgIpc) is 2.27. The Morgan fingerprint density at radius 3 is 2.61 bits per heavy atom.